The largest absolute Gasteiger partial charge is 0.506 e. The lowest BCUT2D eigenvalue weighted by atomic mass is 10.1. The predicted molar refractivity (Wildman–Crippen MR) is 105 cm³/mol. The van der Waals surface area contributed by atoms with Gasteiger partial charge < -0.3 is 14.6 Å². The zero-order valence-electron chi connectivity index (χ0n) is 13.2. The highest BCUT2D eigenvalue weighted by Gasteiger charge is 2.21. The molecule has 1 aromatic heterocycles. The fourth-order valence-electron chi connectivity index (χ4n) is 2.63. The van der Waals surface area contributed by atoms with E-state index in [-0.39, 0.29) is 21.9 Å². The molecule has 6 heteroatoms. The molecule has 0 unspecified atom stereocenters. The summed E-state index contributed by atoms with van der Waals surface area (Å²) in [6.07, 6.45) is 0. The van der Waals surface area contributed by atoms with E-state index in [1.165, 1.54) is 4.57 Å². The van der Waals surface area contributed by atoms with Gasteiger partial charge in [0.2, 0.25) is 0 Å². The van der Waals surface area contributed by atoms with E-state index in [4.69, 9.17) is 12.2 Å². The Morgan fingerprint density at radius 2 is 1.88 bits per heavy atom. The summed E-state index contributed by atoms with van der Waals surface area (Å²) in [6, 6.07) is 14.9. The lowest BCUT2D eigenvalue weighted by Crippen LogP contribution is -2.33. The number of benzene rings is 2. The molecule has 0 saturated carbocycles. The van der Waals surface area contributed by atoms with Crippen LogP contribution in [0.5, 0.6) is 5.75 Å². The van der Waals surface area contributed by atoms with Crippen molar-refractivity contribution in [3.63, 3.8) is 0 Å². The van der Waals surface area contributed by atoms with Gasteiger partial charge in [-0.2, -0.15) is 0 Å². The summed E-state index contributed by atoms with van der Waals surface area (Å²) in [5.74, 6) is -0.0952. The molecule has 4 nitrogen and oxygen atoms in total. The molecule has 0 fully saturated rings. The SMILES string of the molecule is CN(C(=S)c1c(O)c2cc(Br)ccc2n(C)c1=O)c1ccccc1. The van der Waals surface area contributed by atoms with E-state index >= 15 is 0 Å². The van der Waals surface area contributed by atoms with Crippen LogP contribution in [0.2, 0.25) is 0 Å². The van der Waals surface area contributed by atoms with Gasteiger partial charge >= 0.3 is 0 Å². The number of hydrogen-bond acceptors (Lipinski definition) is 3. The average molecular weight is 403 g/mol. The van der Waals surface area contributed by atoms with Gasteiger partial charge in [0.05, 0.1) is 5.52 Å². The second kappa shape index (κ2) is 6.37. The maximum Gasteiger partial charge on any atom is 0.264 e. The van der Waals surface area contributed by atoms with Crippen LogP contribution in [0, 0.1) is 0 Å². The first kappa shape index (κ1) is 16.7. The van der Waals surface area contributed by atoms with Crippen molar-refractivity contribution in [1.29, 1.82) is 0 Å². The minimum atomic E-state index is -0.324. The summed E-state index contributed by atoms with van der Waals surface area (Å²) >= 11 is 8.89. The summed E-state index contributed by atoms with van der Waals surface area (Å²) in [5, 5.41) is 11.3. The molecule has 0 aliphatic carbocycles. The summed E-state index contributed by atoms with van der Waals surface area (Å²) in [5.41, 5.74) is 1.30. The number of fused-ring (bicyclic) bond motifs is 1. The van der Waals surface area contributed by atoms with Gasteiger partial charge in [0, 0.05) is 29.6 Å². The monoisotopic (exact) mass is 402 g/mol. The average Bonchev–Trinajstić information content (AvgIpc) is 2.60. The number of thiocarbonyl (C=S) groups is 1. The van der Waals surface area contributed by atoms with Gasteiger partial charge in [-0.05, 0) is 30.3 Å². The Hall–Kier alpha value is -2.18. The van der Waals surface area contributed by atoms with Gasteiger partial charge in [0.25, 0.3) is 5.56 Å². The van der Waals surface area contributed by atoms with Crippen LogP contribution in [0.25, 0.3) is 10.9 Å². The highest BCUT2D eigenvalue weighted by molar-refractivity contribution is 9.10. The minimum absolute atomic E-state index is 0.0952. The lowest BCUT2D eigenvalue weighted by molar-refractivity contribution is 0.478. The van der Waals surface area contributed by atoms with Crippen molar-refractivity contribution in [2.45, 2.75) is 0 Å². The number of aryl methyl sites for hydroxylation is 1. The highest BCUT2D eigenvalue weighted by atomic mass is 79.9. The van der Waals surface area contributed by atoms with Crippen LogP contribution >= 0.6 is 28.1 Å². The van der Waals surface area contributed by atoms with Gasteiger partial charge in [0.15, 0.2) is 0 Å². The van der Waals surface area contributed by atoms with Gasteiger partial charge in [-0.15, -0.1) is 0 Å². The third kappa shape index (κ3) is 2.72. The summed E-state index contributed by atoms with van der Waals surface area (Å²) in [7, 11) is 3.45. The van der Waals surface area contributed by atoms with Crippen LogP contribution in [0.15, 0.2) is 57.8 Å². The van der Waals surface area contributed by atoms with Crippen molar-refractivity contribution in [2.24, 2.45) is 7.05 Å². The topological polar surface area (TPSA) is 45.5 Å². The standard InChI is InChI=1S/C18H15BrN2O2S/c1-20(12-6-4-3-5-7-12)18(24)15-16(22)13-10-11(19)8-9-14(13)21(2)17(15)23/h3-10,22H,1-2H3. The van der Waals surface area contributed by atoms with Gasteiger partial charge in [-0.3, -0.25) is 4.79 Å². The van der Waals surface area contributed by atoms with Crippen molar-refractivity contribution in [3.05, 3.63) is 68.9 Å². The Balaban J connectivity index is 2.23. The number of hydrogen-bond donors (Lipinski definition) is 1. The zero-order chi connectivity index (χ0) is 17.4. The lowest BCUT2D eigenvalue weighted by Gasteiger charge is -2.21. The molecular formula is C18H15BrN2O2S. The Morgan fingerprint density at radius 1 is 1.21 bits per heavy atom. The highest BCUT2D eigenvalue weighted by Crippen LogP contribution is 2.30. The number of rotatable bonds is 2. The number of pyridine rings is 1. The first-order chi connectivity index (χ1) is 11.4. The number of halogens is 1. The molecule has 0 amide bonds. The first-order valence-electron chi connectivity index (χ1n) is 7.26. The van der Waals surface area contributed by atoms with Gasteiger partial charge in [-0.1, -0.05) is 46.3 Å². The maximum atomic E-state index is 12.7. The molecule has 2 aromatic carbocycles. The van der Waals surface area contributed by atoms with Gasteiger partial charge in [0.1, 0.15) is 16.3 Å². The molecule has 122 valence electrons. The number of aromatic hydroxyl groups is 1. The van der Waals surface area contributed by atoms with Crippen molar-refractivity contribution in [2.75, 3.05) is 11.9 Å². The molecule has 0 bridgehead atoms. The maximum absolute atomic E-state index is 12.7. The van der Waals surface area contributed by atoms with Crippen molar-refractivity contribution < 1.29 is 5.11 Å². The molecule has 3 aromatic rings. The van der Waals surface area contributed by atoms with Crippen molar-refractivity contribution >= 4 is 49.7 Å². The van der Waals surface area contributed by atoms with Crippen LogP contribution in [-0.2, 0) is 7.05 Å². The number of nitrogens with zero attached hydrogens (tertiary/aromatic N) is 2. The van der Waals surface area contributed by atoms with E-state index in [1.54, 1.807) is 31.1 Å². The number of para-hydroxylation sites is 1. The number of aromatic nitrogens is 1. The van der Waals surface area contributed by atoms with Crippen LogP contribution in [0.4, 0.5) is 5.69 Å². The molecule has 1 heterocycles. The van der Waals surface area contributed by atoms with Crippen LogP contribution in [0.3, 0.4) is 0 Å². The summed E-state index contributed by atoms with van der Waals surface area (Å²) in [6.45, 7) is 0. The predicted octanol–water partition coefficient (Wildman–Crippen LogP) is 3.82. The van der Waals surface area contributed by atoms with E-state index in [2.05, 4.69) is 15.9 Å². The second-order valence-corrected chi connectivity index (χ2v) is 6.75. The van der Waals surface area contributed by atoms with Crippen molar-refractivity contribution in [3.8, 4) is 5.75 Å². The van der Waals surface area contributed by atoms with Gasteiger partial charge in [-0.25, -0.2) is 0 Å². The molecule has 0 aliphatic rings. The Labute approximate surface area is 153 Å². The fraction of sp³-hybridized carbons (Fsp3) is 0.111. The molecule has 1 N–H and O–H groups in total. The van der Waals surface area contributed by atoms with E-state index < -0.39 is 0 Å². The molecule has 0 atom stereocenters. The third-order valence-electron chi connectivity index (χ3n) is 3.99. The van der Waals surface area contributed by atoms with Crippen LogP contribution < -0.4 is 10.5 Å². The minimum Gasteiger partial charge on any atom is -0.506 e. The Bertz CT molecular complexity index is 999. The fourth-order valence-corrected chi connectivity index (χ4v) is 3.28. The van der Waals surface area contributed by atoms with Crippen molar-refractivity contribution in [1.82, 2.24) is 4.57 Å². The normalized spacial score (nSPS) is 10.8. The molecular weight excluding hydrogens is 388 g/mol. The third-order valence-corrected chi connectivity index (χ3v) is 4.96. The molecule has 3 rings (SSSR count). The zero-order valence-corrected chi connectivity index (χ0v) is 15.6. The molecule has 0 spiro atoms. The Morgan fingerprint density at radius 3 is 2.54 bits per heavy atom. The van der Waals surface area contributed by atoms with E-state index in [9.17, 15) is 9.90 Å². The molecule has 0 saturated heterocycles. The number of anilines is 1. The van der Waals surface area contributed by atoms with Crippen LogP contribution in [-0.4, -0.2) is 21.7 Å². The smallest absolute Gasteiger partial charge is 0.264 e. The van der Waals surface area contributed by atoms with Crippen LogP contribution in [0.1, 0.15) is 5.56 Å². The second-order valence-electron chi connectivity index (χ2n) is 5.45. The summed E-state index contributed by atoms with van der Waals surface area (Å²) in [4.78, 5) is 14.7. The first-order valence-corrected chi connectivity index (χ1v) is 8.46. The van der Waals surface area contributed by atoms with E-state index in [1.807, 2.05) is 36.4 Å². The van der Waals surface area contributed by atoms with E-state index in [0.29, 0.717) is 10.9 Å². The Kier molecular flexibility index (Phi) is 4.43. The molecule has 24 heavy (non-hydrogen) atoms. The quantitative estimate of drug-likeness (QED) is 0.661. The molecule has 0 radical (unpaired) electrons. The summed E-state index contributed by atoms with van der Waals surface area (Å²) < 4.78 is 2.32. The molecule has 0 aliphatic heterocycles. The van der Waals surface area contributed by atoms with E-state index in [0.717, 1.165) is 10.2 Å².